The summed E-state index contributed by atoms with van der Waals surface area (Å²) in [7, 11) is 1.39. The van der Waals surface area contributed by atoms with Crippen molar-refractivity contribution in [3.63, 3.8) is 0 Å². The van der Waals surface area contributed by atoms with Crippen LogP contribution in [-0.2, 0) is 16.0 Å². The molecular formula is C14H14ClNO2. The summed E-state index contributed by atoms with van der Waals surface area (Å²) in [5.41, 5.74) is 2.76. The molecule has 0 N–H and O–H groups in total. The maximum atomic E-state index is 11.2. The van der Waals surface area contributed by atoms with Crippen molar-refractivity contribution >= 4 is 28.5 Å². The van der Waals surface area contributed by atoms with Crippen LogP contribution in [0, 0.1) is 6.92 Å². The predicted octanol–water partition coefficient (Wildman–Crippen LogP) is 3.30. The summed E-state index contributed by atoms with van der Waals surface area (Å²) in [5.74, 6) is -0.217. The maximum absolute atomic E-state index is 11.2. The number of pyridine rings is 1. The van der Waals surface area contributed by atoms with E-state index in [0.717, 1.165) is 22.2 Å². The van der Waals surface area contributed by atoms with Crippen molar-refractivity contribution in [2.24, 2.45) is 0 Å². The van der Waals surface area contributed by atoms with Crippen molar-refractivity contribution in [2.45, 2.75) is 19.8 Å². The van der Waals surface area contributed by atoms with Gasteiger partial charge in [0.2, 0.25) is 0 Å². The average Bonchev–Trinajstić information content (AvgIpc) is 2.36. The van der Waals surface area contributed by atoms with Crippen LogP contribution in [0.4, 0.5) is 0 Å². The average molecular weight is 264 g/mol. The van der Waals surface area contributed by atoms with Crippen LogP contribution in [0.15, 0.2) is 24.3 Å². The second kappa shape index (κ2) is 5.36. The monoisotopic (exact) mass is 263 g/mol. The number of hydrogen-bond acceptors (Lipinski definition) is 3. The minimum atomic E-state index is -0.217. The smallest absolute Gasteiger partial charge is 0.305 e. The van der Waals surface area contributed by atoms with Crippen molar-refractivity contribution in [2.75, 3.05) is 7.11 Å². The van der Waals surface area contributed by atoms with Crippen LogP contribution in [0.3, 0.4) is 0 Å². The van der Waals surface area contributed by atoms with Gasteiger partial charge in [-0.3, -0.25) is 9.78 Å². The number of halogens is 1. The molecule has 0 aliphatic heterocycles. The second-order valence-electron chi connectivity index (χ2n) is 4.13. The van der Waals surface area contributed by atoms with E-state index in [9.17, 15) is 4.79 Å². The SMILES string of the molecule is COC(=O)CCc1cccc2c(Cl)cc(C)nc12. The number of para-hydroxylation sites is 1. The Kier molecular flexibility index (Phi) is 3.82. The summed E-state index contributed by atoms with van der Waals surface area (Å²) >= 11 is 6.19. The minimum Gasteiger partial charge on any atom is -0.469 e. The quantitative estimate of drug-likeness (QED) is 0.798. The van der Waals surface area contributed by atoms with Gasteiger partial charge >= 0.3 is 5.97 Å². The van der Waals surface area contributed by atoms with E-state index < -0.39 is 0 Å². The molecule has 0 aliphatic carbocycles. The topological polar surface area (TPSA) is 39.2 Å². The molecule has 0 aliphatic rings. The number of benzene rings is 1. The highest BCUT2D eigenvalue weighted by Gasteiger charge is 2.08. The first-order valence-corrected chi connectivity index (χ1v) is 6.11. The number of esters is 1. The van der Waals surface area contributed by atoms with Gasteiger partial charge in [-0.15, -0.1) is 0 Å². The fraction of sp³-hybridized carbons (Fsp3) is 0.286. The molecule has 0 saturated carbocycles. The van der Waals surface area contributed by atoms with Gasteiger partial charge < -0.3 is 4.74 Å². The first-order valence-electron chi connectivity index (χ1n) is 5.73. The Bertz CT molecular complexity index is 596. The van der Waals surface area contributed by atoms with E-state index >= 15 is 0 Å². The van der Waals surface area contributed by atoms with Crippen LogP contribution in [0.5, 0.6) is 0 Å². The molecule has 0 saturated heterocycles. The standard InChI is InChI=1S/C14H14ClNO2/c1-9-8-12(15)11-5-3-4-10(14(11)16-9)6-7-13(17)18-2/h3-5,8H,6-7H2,1-2H3. The van der Waals surface area contributed by atoms with Gasteiger partial charge in [-0.25, -0.2) is 0 Å². The number of nitrogens with zero attached hydrogens (tertiary/aromatic N) is 1. The Morgan fingerprint density at radius 1 is 1.44 bits per heavy atom. The van der Waals surface area contributed by atoms with E-state index in [2.05, 4.69) is 9.72 Å². The zero-order valence-electron chi connectivity index (χ0n) is 10.4. The molecule has 0 fully saturated rings. The minimum absolute atomic E-state index is 0.217. The molecule has 94 valence electrons. The fourth-order valence-corrected chi connectivity index (χ4v) is 2.24. The summed E-state index contributed by atoms with van der Waals surface area (Å²) in [4.78, 5) is 15.7. The Morgan fingerprint density at radius 3 is 2.94 bits per heavy atom. The van der Waals surface area contributed by atoms with E-state index in [1.165, 1.54) is 7.11 Å². The third kappa shape index (κ3) is 2.62. The molecule has 1 aromatic carbocycles. The molecule has 2 rings (SSSR count). The Balaban J connectivity index is 2.41. The molecule has 1 heterocycles. The van der Waals surface area contributed by atoms with Crippen LogP contribution in [-0.4, -0.2) is 18.1 Å². The molecule has 18 heavy (non-hydrogen) atoms. The first-order chi connectivity index (χ1) is 8.61. The van der Waals surface area contributed by atoms with Crippen molar-refractivity contribution < 1.29 is 9.53 Å². The van der Waals surface area contributed by atoms with Gasteiger partial charge in [0.15, 0.2) is 0 Å². The van der Waals surface area contributed by atoms with Crippen LogP contribution in [0.2, 0.25) is 5.02 Å². The second-order valence-corrected chi connectivity index (χ2v) is 4.54. The van der Waals surface area contributed by atoms with E-state index in [0.29, 0.717) is 17.9 Å². The van der Waals surface area contributed by atoms with E-state index in [4.69, 9.17) is 11.6 Å². The Hall–Kier alpha value is -1.61. The summed E-state index contributed by atoms with van der Waals surface area (Å²) < 4.78 is 4.65. The van der Waals surface area contributed by atoms with Crippen LogP contribution < -0.4 is 0 Å². The third-order valence-corrected chi connectivity index (χ3v) is 3.14. The van der Waals surface area contributed by atoms with Gasteiger partial charge in [0.1, 0.15) is 0 Å². The number of methoxy groups -OCH3 is 1. The predicted molar refractivity (Wildman–Crippen MR) is 71.8 cm³/mol. The number of fused-ring (bicyclic) bond motifs is 1. The van der Waals surface area contributed by atoms with E-state index in [1.807, 2.05) is 31.2 Å². The first kappa shape index (κ1) is 12.8. The number of ether oxygens (including phenoxy) is 1. The van der Waals surface area contributed by atoms with Gasteiger partial charge in [-0.1, -0.05) is 29.8 Å². The molecule has 0 amide bonds. The number of carbonyl (C=O) groups excluding carboxylic acids is 1. The molecule has 1 aromatic heterocycles. The summed E-state index contributed by atoms with van der Waals surface area (Å²) in [6.45, 7) is 1.91. The van der Waals surface area contributed by atoms with Crippen molar-refractivity contribution in [3.05, 3.63) is 40.5 Å². The normalized spacial score (nSPS) is 10.6. The molecular weight excluding hydrogens is 250 g/mol. The number of rotatable bonds is 3. The molecule has 3 nitrogen and oxygen atoms in total. The number of hydrogen-bond donors (Lipinski definition) is 0. The molecule has 0 bridgehead atoms. The lowest BCUT2D eigenvalue weighted by Crippen LogP contribution is -2.02. The van der Waals surface area contributed by atoms with Gasteiger partial charge in [0.25, 0.3) is 0 Å². The Labute approximate surface area is 111 Å². The van der Waals surface area contributed by atoms with Crippen molar-refractivity contribution in [3.8, 4) is 0 Å². The molecule has 0 radical (unpaired) electrons. The lowest BCUT2D eigenvalue weighted by molar-refractivity contribution is -0.140. The summed E-state index contributed by atoms with van der Waals surface area (Å²) in [6.07, 6.45) is 0.958. The van der Waals surface area contributed by atoms with Crippen LogP contribution in [0.25, 0.3) is 10.9 Å². The zero-order chi connectivity index (χ0) is 13.1. The maximum Gasteiger partial charge on any atom is 0.305 e. The lowest BCUT2D eigenvalue weighted by Gasteiger charge is -2.07. The van der Waals surface area contributed by atoms with Gasteiger partial charge in [0.05, 0.1) is 17.6 Å². The Morgan fingerprint density at radius 2 is 2.22 bits per heavy atom. The third-order valence-electron chi connectivity index (χ3n) is 2.83. The van der Waals surface area contributed by atoms with E-state index in [1.54, 1.807) is 0 Å². The van der Waals surface area contributed by atoms with E-state index in [-0.39, 0.29) is 5.97 Å². The van der Waals surface area contributed by atoms with Gasteiger partial charge in [0, 0.05) is 17.5 Å². The number of carbonyl (C=O) groups is 1. The number of aromatic nitrogens is 1. The van der Waals surface area contributed by atoms with Crippen molar-refractivity contribution in [1.29, 1.82) is 0 Å². The highest BCUT2D eigenvalue weighted by molar-refractivity contribution is 6.35. The number of aryl methyl sites for hydroxylation is 2. The summed E-state index contributed by atoms with van der Waals surface area (Å²) in [5, 5.41) is 1.61. The summed E-state index contributed by atoms with van der Waals surface area (Å²) in [6, 6.07) is 7.67. The highest BCUT2D eigenvalue weighted by Crippen LogP contribution is 2.26. The van der Waals surface area contributed by atoms with Gasteiger partial charge in [-0.05, 0) is 25.0 Å². The lowest BCUT2D eigenvalue weighted by atomic mass is 10.0. The van der Waals surface area contributed by atoms with Crippen LogP contribution in [0.1, 0.15) is 17.7 Å². The molecule has 2 aromatic rings. The van der Waals surface area contributed by atoms with Crippen molar-refractivity contribution in [1.82, 2.24) is 4.98 Å². The fourth-order valence-electron chi connectivity index (χ4n) is 1.93. The molecule has 4 heteroatoms. The van der Waals surface area contributed by atoms with Gasteiger partial charge in [-0.2, -0.15) is 0 Å². The highest BCUT2D eigenvalue weighted by atomic mass is 35.5. The molecule has 0 unspecified atom stereocenters. The largest absolute Gasteiger partial charge is 0.469 e. The molecule has 0 atom stereocenters. The zero-order valence-corrected chi connectivity index (χ0v) is 11.1. The molecule has 0 spiro atoms. The van der Waals surface area contributed by atoms with Crippen LogP contribution >= 0.6 is 11.6 Å².